The lowest BCUT2D eigenvalue weighted by atomic mass is 10.0. The van der Waals surface area contributed by atoms with E-state index in [1.807, 2.05) is 18.3 Å². The van der Waals surface area contributed by atoms with Crippen molar-refractivity contribution in [2.75, 3.05) is 20.1 Å². The Hall–Kier alpha value is -1.71. The predicted octanol–water partition coefficient (Wildman–Crippen LogP) is 2.56. The molecule has 2 rings (SSSR count). The third-order valence-corrected chi connectivity index (χ3v) is 3.63. The molecule has 0 spiro atoms. The highest BCUT2D eigenvalue weighted by molar-refractivity contribution is 5.25. The molecule has 0 bridgehead atoms. The minimum Gasteiger partial charge on any atom is -0.329 e. The molecule has 1 unspecified atom stereocenters. The molecule has 0 fully saturated rings. The van der Waals surface area contributed by atoms with E-state index in [9.17, 15) is 0 Å². The lowest BCUT2D eigenvalue weighted by Crippen LogP contribution is -2.32. The van der Waals surface area contributed by atoms with Crippen molar-refractivity contribution < 1.29 is 0 Å². The van der Waals surface area contributed by atoms with Crippen molar-refractivity contribution in [3.05, 3.63) is 65.5 Å². The van der Waals surface area contributed by atoms with Crippen LogP contribution in [0.1, 0.15) is 22.9 Å². The smallest absolute Gasteiger partial charge is 0.0467 e. The van der Waals surface area contributed by atoms with Crippen molar-refractivity contribution >= 4 is 0 Å². The summed E-state index contributed by atoms with van der Waals surface area (Å²) in [4.78, 5) is 6.67. The van der Waals surface area contributed by atoms with Crippen LogP contribution in [-0.2, 0) is 6.42 Å². The lowest BCUT2D eigenvalue weighted by molar-refractivity contribution is 0.252. The number of aromatic nitrogens is 1. The van der Waals surface area contributed by atoms with E-state index in [1.54, 1.807) is 0 Å². The van der Waals surface area contributed by atoms with Gasteiger partial charge in [0.1, 0.15) is 0 Å². The second-order valence-electron chi connectivity index (χ2n) is 5.22. The zero-order valence-electron chi connectivity index (χ0n) is 12.3. The molecule has 1 aromatic heterocycles. The molecule has 3 heteroatoms. The summed E-state index contributed by atoms with van der Waals surface area (Å²) >= 11 is 0. The van der Waals surface area contributed by atoms with Crippen LogP contribution >= 0.6 is 0 Å². The fraction of sp³-hybridized carbons (Fsp3) is 0.353. The number of likely N-dealkylation sites (N-methyl/N-ethyl adjacent to an activating group) is 1. The molecule has 1 atom stereocenters. The Kier molecular flexibility index (Phi) is 5.27. The lowest BCUT2D eigenvalue weighted by Gasteiger charge is -2.27. The largest absolute Gasteiger partial charge is 0.329 e. The van der Waals surface area contributed by atoms with Gasteiger partial charge in [0.25, 0.3) is 0 Å². The third-order valence-electron chi connectivity index (χ3n) is 3.63. The molecule has 0 saturated heterocycles. The number of benzene rings is 1. The number of aryl methyl sites for hydroxylation is 1. The van der Waals surface area contributed by atoms with Crippen molar-refractivity contribution in [2.45, 2.75) is 19.4 Å². The van der Waals surface area contributed by atoms with Gasteiger partial charge in [-0.05, 0) is 31.7 Å². The zero-order valence-corrected chi connectivity index (χ0v) is 12.3. The van der Waals surface area contributed by atoms with Crippen LogP contribution in [0.25, 0.3) is 0 Å². The minimum absolute atomic E-state index is 0.263. The Labute approximate surface area is 121 Å². The molecular weight excluding hydrogens is 246 g/mol. The highest BCUT2D eigenvalue weighted by Crippen LogP contribution is 2.19. The fourth-order valence-corrected chi connectivity index (χ4v) is 2.44. The van der Waals surface area contributed by atoms with E-state index in [0.29, 0.717) is 6.54 Å². The quantitative estimate of drug-likeness (QED) is 0.876. The highest BCUT2D eigenvalue weighted by Gasteiger charge is 2.15. The van der Waals surface area contributed by atoms with E-state index in [-0.39, 0.29) is 6.04 Å². The maximum absolute atomic E-state index is 5.97. The summed E-state index contributed by atoms with van der Waals surface area (Å²) in [5.74, 6) is 0. The maximum Gasteiger partial charge on any atom is 0.0467 e. The predicted molar refractivity (Wildman–Crippen MR) is 83.5 cm³/mol. The number of hydrogen-bond acceptors (Lipinski definition) is 3. The average Bonchev–Trinajstić information content (AvgIpc) is 2.47. The minimum atomic E-state index is 0.263. The number of nitrogens with zero attached hydrogens (tertiary/aromatic N) is 2. The standard InChI is InChI=1S/C17H23N3/c1-14-6-5-7-15(12-14)17(13-18)20(2)11-9-16-8-3-4-10-19-16/h3-8,10,12,17H,9,11,13,18H2,1-2H3. The van der Waals surface area contributed by atoms with E-state index >= 15 is 0 Å². The van der Waals surface area contributed by atoms with Crippen LogP contribution in [0.4, 0.5) is 0 Å². The topological polar surface area (TPSA) is 42.1 Å². The summed E-state index contributed by atoms with van der Waals surface area (Å²) < 4.78 is 0. The number of nitrogens with two attached hydrogens (primary N) is 1. The summed E-state index contributed by atoms with van der Waals surface area (Å²) in [6, 6.07) is 14.9. The van der Waals surface area contributed by atoms with Gasteiger partial charge in [-0.15, -0.1) is 0 Å². The first-order valence-electron chi connectivity index (χ1n) is 7.07. The first-order chi connectivity index (χ1) is 9.70. The summed E-state index contributed by atoms with van der Waals surface area (Å²) in [7, 11) is 2.13. The van der Waals surface area contributed by atoms with Crippen LogP contribution in [0.5, 0.6) is 0 Å². The Morgan fingerprint density at radius 2 is 2.05 bits per heavy atom. The molecule has 106 valence electrons. The fourth-order valence-electron chi connectivity index (χ4n) is 2.44. The third kappa shape index (κ3) is 3.89. The van der Waals surface area contributed by atoms with Crippen LogP contribution in [-0.4, -0.2) is 30.0 Å². The van der Waals surface area contributed by atoms with Gasteiger partial charge in [0.2, 0.25) is 0 Å². The molecule has 0 radical (unpaired) electrons. The van der Waals surface area contributed by atoms with Gasteiger partial charge in [0, 0.05) is 37.4 Å². The van der Waals surface area contributed by atoms with Crippen molar-refractivity contribution in [1.82, 2.24) is 9.88 Å². The van der Waals surface area contributed by atoms with Gasteiger partial charge < -0.3 is 5.73 Å². The van der Waals surface area contributed by atoms with Crippen molar-refractivity contribution in [1.29, 1.82) is 0 Å². The summed E-state index contributed by atoms with van der Waals surface area (Å²) in [5.41, 5.74) is 9.66. The number of rotatable bonds is 6. The van der Waals surface area contributed by atoms with Crippen molar-refractivity contribution in [2.24, 2.45) is 5.73 Å². The van der Waals surface area contributed by atoms with E-state index in [4.69, 9.17) is 5.73 Å². The van der Waals surface area contributed by atoms with Crippen LogP contribution in [0.2, 0.25) is 0 Å². The Balaban J connectivity index is 2.00. The second kappa shape index (κ2) is 7.17. The molecular formula is C17H23N3. The van der Waals surface area contributed by atoms with Gasteiger partial charge in [0.15, 0.2) is 0 Å². The van der Waals surface area contributed by atoms with Crippen LogP contribution in [0.15, 0.2) is 48.7 Å². The molecule has 1 heterocycles. The molecule has 0 saturated carbocycles. The Bertz CT molecular complexity index is 525. The zero-order chi connectivity index (χ0) is 14.4. The Morgan fingerprint density at radius 1 is 1.20 bits per heavy atom. The van der Waals surface area contributed by atoms with Gasteiger partial charge in [0.05, 0.1) is 0 Å². The molecule has 0 aliphatic carbocycles. The van der Waals surface area contributed by atoms with Gasteiger partial charge in [-0.1, -0.05) is 35.9 Å². The summed E-state index contributed by atoms with van der Waals surface area (Å²) in [6.07, 6.45) is 2.79. The average molecular weight is 269 g/mol. The SMILES string of the molecule is Cc1cccc(C(CN)N(C)CCc2ccccn2)c1. The molecule has 20 heavy (non-hydrogen) atoms. The Morgan fingerprint density at radius 3 is 2.70 bits per heavy atom. The van der Waals surface area contributed by atoms with E-state index in [0.717, 1.165) is 18.7 Å². The van der Waals surface area contributed by atoms with E-state index in [1.165, 1.54) is 11.1 Å². The highest BCUT2D eigenvalue weighted by atomic mass is 15.1. The van der Waals surface area contributed by atoms with Gasteiger partial charge in [-0.3, -0.25) is 9.88 Å². The monoisotopic (exact) mass is 269 g/mol. The van der Waals surface area contributed by atoms with Crippen molar-refractivity contribution in [3.63, 3.8) is 0 Å². The van der Waals surface area contributed by atoms with E-state index in [2.05, 4.69) is 54.2 Å². The van der Waals surface area contributed by atoms with Crippen LogP contribution in [0, 0.1) is 6.92 Å². The van der Waals surface area contributed by atoms with Crippen molar-refractivity contribution in [3.8, 4) is 0 Å². The maximum atomic E-state index is 5.97. The van der Waals surface area contributed by atoms with Crippen LogP contribution in [0.3, 0.4) is 0 Å². The first kappa shape index (κ1) is 14.7. The number of hydrogen-bond donors (Lipinski definition) is 1. The van der Waals surface area contributed by atoms with Gasteiger partial charge in [-0.25, -0.2) is 0 Å². The summed E-state index contributed by atoms with van der Waals surface area (Å²) in [6.45, 7) is 3.69. The van der Waals surface area contributed by atoms with Gasteiger partial charge >= 0.3 is 0 Å². The summed E-state index contributed by atoms with van der Waals surface area (Å²) in [5, 5.41) is 0. The first-order valence-corrected chi connectivity index (χ1v) is 7.07. The number of pyridine rings is 1. The normalized spacial score (nSPS) is 12.6. The van der Waals surface area contributed by atoms with E-state index < -0.39 is 0 Å². The molecule has 1 aromatic carbocycles. The molecule has 0 aliphatic heterocycles. The molecule has 2 aromatic rings. The molecule has 3 nitrogen and oxygen atoms in total. The molecule has 2 N–H and O–H groups in total. The molecule has 0 amide bonds. The molecule has 0 aliphatic rings. The van der Waals surface area contributed by atoms with Crippen LogP contribution < -0.4 is 5.73 Å². The van der Waals surface area contributed by atoms with Gasteiger partial charge in [-0.2, -0.15) is 0 Å². The second-order valence-corrected chi connectivity index (χ2v) is 5.22.